The molecule has 0 fully saturated rings. The van der Waals surface area contributed by atoms with E-state index in [9.17, 15) is 4.79 Å². The second kappa shape index (κ2) is 4.14. The van der Waals surface area contributed by atoms with Crippen molar-refractivity contribution in [3.05, 3.63) is 27.7 Å². The van der Waals surface area contributed by atoms with Crippen molar-refractivity contribution < 1.29 is 9.53 Å². The van der Waals surface area contributed by atoms with Gasteiger partial charge in [0.2, 0.25) is 0 Å². The lowest BCUT2D eigenvalue weighted by molar-refractivity contribution is -0.136. The summed E-state index contributed by atoms with van der Waals surface area (Å²) in [5.41, 5.74) is 3.66. The fourth-order valence-corrected chi connectivity index (χ4v) is 2.92. The molecule has 0 aromatic carbocycles. The molecule has 1 aliphatic rings. The minimum absolute atomic E-state index is 0.199. The van der Waals surface area contributed by atoms with Crippen LogP contribution in [-0.4, -0.2) is 18.1 Å². The maximum absolute atomic E-state index is 11.5. The first-order valence-electron chi connectivity index (χ1n) is 4.92. The zero-order valence-electron chi connectivity index (χ0n) is 8.82. The van der Waals surface area contributed by atoms with E-state index in [0.717, 1.165) is 24.1 Å². The summed E-state index contributed by atoms with van der Waals surface area (Å²) in [6.45, 7) is 1.99. The Hall–Kier alpha value is -1.16. The third-order valence-electron chi connectivity index (χ3n) is 2.72. The molecule has 0 radical (unpaired) electrons. The van der Waals surface area contributed by atoms with E-state index in [4.69, 9.17) is 4.74 Å². The van der Waals surface area contributed by atoms with Gasteiger partial charge in [0.25, 0.3) is 0 Å². The highest BCUT2D eigenvalue weighted by molar-refractivity contribution is 7.09. The molecule has 0 spiro atoms. The molecule has 1 atom stereocenters. The number of aromatic nitrogens is 1. The van der Waals surface area contributed by atoms with Crippen molar-refractivity contribution in [1.29, 1.82) is 0 Å². The molecule has 80 valence electrons. The second-order valence-electron chi connectivity index (χ2n) is 3.58. The Morgan fingerprint density at radius 3 is 3.07 bits per heavy atom. The number of ether oxygens (including phenoxy) is 1. The largest absolute Gasteiger partial charge is 0.466 e. The fourth-order valence-electron chi connectivity index (χ4n) is 1.96. The minimum atomic E-state index is -0.203. The van der Waals surface area contributed by atoms with E-state index in [1.165, 1.54) is 12.0 Å². The van der Waals surface area contributed by atoms with Gasteiger partial charge in [-0.3, -0.25) is 0 Å². The van der Waals surface area contributed by atoms with Crippen molar-refractivity contribution in [3.63, 3.8) is 0 Å². The number of rotatable bonds is 2. The first-order chi connectivity index (χ1) is 7.24. The zero-order valence-corrected chi connectivity index (χ0v) is 9.63. The van der Waals surface area contributed by atoms with Crippen LogP contribution in [0.5, 0.6) is 0 Å². The smallest absolute Gasteiger partial charge is 0.334 e. The van der Waals surface area contributed by atoms with Crippen LogP contribution in [0.2, 0.25) is 0 Å². The Kier molecular flexibility index (Phi) is 2.86. The van der Waals surface area contributed by atoms with E-state index < -0.39 is 0 Å². The molecule has 3 nitrogen and oxygen atoms in total. The fraction of sp³-hybridized carbons (Fsp3) is 0.455. The number of thiazole rings is 1. The van der Waals surface area contributed by atoms with Crippen molar-refractivity contribution in [1.82, 2.24) is 4.98 Å². The van der Waals surface area contributed by atoms with Crippen LogP contribution < -0.4 is 0 Å². The molecule has 0 N–H and O–H groups in total. The molecule has 1 aromatic rings. The molecule has 15 heavy (non-hydrogen) atoms. The van der Waals surface area contributed by atoms with Crippen molar-refractivity contribution in [2.45, 2.75) is 25.7 Å². The molecule has 0 bridgehead atoms. The minimum Gasteiger partial charge on any atom is -0.466 e. The maximum Gasteiger partial charge on any atom is 0.334 e. The van der Waals surface area contributed by atoms with Gasteiger partial charge in [0.15, 0.2) is 0 Å². The van der Waals surface area contributed by atoms with Gasteiger partial charge in [0.05, 0.1) is 18.3 Å². The predicted molar refractivity (Wildman–Crippen MR) is 58.9 cm³/mol. The van der Waals surface area contributed by atoms with Crippen LogP contribution in [0.4, 0.5) is 0 Å². The normalized spacial score (nSPS) is 20.1. The van der Waals surface area contributed by atoms with E-state index >= 15 is 0 Å². The number of hydrogen-bond donors (Lipinski definition) is 0. The number of methoxy groups -OCH3 is 1. The molecular formula is C11H13NO2S. The van der Waals surface area contributed by atoms with Crippen LogP contribution >= 0.6 is 11.3 Å². The number of carbonyl (C=O) groups is 1. The van der Waals surface area contributed by atoms with Crippen LogP contribution in [-0.2, 0) is 9.53 Å². The second-order valence-corrected chi connectivity index (χ2v) is 4.47. The van der Waals surface area contributed by atoms with Crippen LogP contribution in [0, 0.1) is 6.92 Å². The number of esters is 1. The van der Waals surface area contributed by atoms with Crippen LogP contribution in [0.15, 0.2) is 17.2 Å². The summed E-state index contributed by atoms with van der Waals surface area (Å²) < 4.78 is 4.78. The van der Waals surface area contributed by atoms with Gasteiger partial charge in [-0.1, -0.05) is 6.08 Å². The van der Waals surface area contributed by atoms with Crippen molar-refractivity contribution in [2.75, 3.05) is 7.11 Å². The third-order valence-corrected chi connectivity index (χ3v) is 3.76. The van der Waals surface area contributed by atoms with Gasteiger partial charge in [0.1, 0.15) is 0 Å². The predicted octanol–water partition coefficient (Wildman–Crippen LogP) is 2.43. The van der Waals surface area contributed by atoms with Gasteiger partial charge in [-0.25, -0.2) is 9.78 Å². The Bertz CT molecular complexity index is 408. The highest BCUT2D eigenvalue weighted by Gasteiger charge is 2.29. The maximum atomic E-state index is 11.5. The van der Waals surface area contributed by atoms with Crippen molar-refractivity contribution in [3.8, 4) is 0 Å². The number of carbonyl (C=O) groups excluding carboxylic acids is 1. The summed E-state index contributed by atoms with van der Waals surface area (Å²) in [7, 11) is 1.43. The molecule has 0 saturated carbocycles. The Balaban J connectivity index is 2.28. The Morgan fingerprint density at radius 2 is 2.47 bits per heavy atom. The van der Waals surface area contributed by atoms with E-state index in [-0.39, 0.29) is 11.9 Å². The molecule has 0 saturated heterocycles. The monoisotopic (exact) mass is 223 g/mol. The summed E-state index contributed by atoms with van der Waals surface area (Å²) in [6, 6.07) is 0. The van der Waals surface area contributed by atoms with E-state index in [2.05, 4.69) is 4.98 Å². The number of aryl methyl sites for hydroxylation is 1. The number of hydrogen-bond acceptors (Lipinski definition) is 4. The van der Waals surface area contributed by atoms with E-state index in [1.807, 2.05) is 18.5 Å². The molecule has 1 heterocycles. The van der Waals surface area contributed by atoms with Crippen molar-refractivity contribution in [2.24, 2.45) is 0 Å². The molecule has 4 heteroatoms. The zero-order chi connectivity index (χ0) is 10.8. The summed E-state index contributed by atoms with van der Waals surface area (Å²) in [5, 5.41) is 0. The highest BCUT2D eigenvalue weighted by atomic mass is 32.1. The first-order valence-corrected chi connectivity index (χ1v) is 5.80. The molecule has 2 rings (SSSR count). The summed E-state index contributed by atoms with van der Waals surface area (Å²) in [5.74, 6) is -0.00440. The van der Waals surface area contributed by atoms with Gasteiger partial charge in [-0.2, -0.15) is 0 Å². The topological polar surface area (TPSA) is 39.2 Å². The highest BCUT2D eigenvalue weighted by Crippen LogP contribution is 2.38. The summed E-state index contributed by atoms with van der Waals surface area (Å²) >= 11 is 1.62. The standard InChI is InChI=1S/C11H13NO2S/c1-7-10(15-6-12-7)8-4-3-5-9(8)11(13)14-2/h5-6,8H,3-4H2,1-2H3/t8-/m0/s1. The van der Waals surface area contributed by atoms with Crippen molar-refractivity contribution >= 4 is 17.3 Å². The lowest BCUT2D eigenvalue weighted by atomic mass is 9.99. The lowest BCUT2D eigenvalue weighted by Crippen LogP contribution is -2.10. The quantitative estimate of drug-likeness (QED) is 0.723. The molecule has 1 aromatic heterocycles. The third kappa shape index (κ3) is 1.81. The summed E-state index contributed by atoms with van der Waals surface area (Å²) in [4.78, 5) is 16.9. The molecule has 0 aliphatic heterocycles. The van der Waals surface area contributed by atoms with Gasteiger partial charge < -0.3 is 4.74 Å². The number of allylic oxidation sites excluding steroid dienone is 1. The van der Waals surface area contributed by atoms with Crippen LogP contribution in [0.1, 0.15) is 29.3 Å². The average molecular weight is 223 g/mol. The van der Waals surface area contributed by atoms with Crippen LogP contribution in [0.25, 0.3) is 0 Å². The van der Waals surface area contributed by atoms with Gasteiger partial charge in [0, 0.05) is 16.4 Å². The number of nitrogens with zero attached hydrogens (tertiary/aromatic N) is 1. The van der Waals surface area contributed by atoms with E-state index in [1.54, 1.807) is 11.3 Å². The Labute approximate surface area is 92.8 Å². The molecule has 0 unspecified atom stereocenters. The summed E-state index contributed by atoms with van der Waals surface area (Å²) in [6.07, 6.45) is 3.93. The molecular weight excluding hydrogens is 210 g/mol. The lowest BCUT2D eigenvalue weighted by Gasteiger charge is -2.11. The van der Waals surface area contributed by atoms with Gasteiger partial charge in [-0.05, 0) is 19.8 Å². The molecule has 0 amide bonds. The first kappa shape index (κ1) is 10.4. The van der Waals surface area contributed by atoms with E-state index in [0.29, 0.717) is 0 Å². The van der Waals surface area contributed by atoms with Gasteiger partial charge >= 0.3 is 5.97 Å². The van der Waals surface area contributed by atoms with Crippen LogP contribution in [0.3, 0.4) is 0 Å². The molecule has 1 aliphatic carbocycles. The average Bonchev–Trinajstić information content (AvgIpc) is 2.84. The Morgan fingerprint density at radius 1 is 1.67 bits per heavy atom. The SMILES string of the molecule is COC(=O)C1=CCC[C@@H]1c1scnc1C. The van der Waals surface area contributed by atoms with Gasteiger partial charge in [-0.15, -0.1) is 11.3 Å².